The SMILES string of the molecule is Fc1[c-]c2c(F)c(F)c(F)c(F)c2c(C(F)(F)C(F)(F)F)c1F.[Zn+][Br]. The predicted octanol–water partition coefficient (Wildman–Crippen LogP) is 5.97. The number of hydrogen-bond acceptors (Lipinski definition) is 0. The van der Waals surface area contributed by atoms with Crippen molar-refractivity contribution in [3.8, 4) is 0 Å². The van der Waals surface area contributed by atoms with Crippen LogP contribution in [-0.4, -0.2) is 6.18 Å². The Bertz CT molecular complexity index is 816. The molecule has 0 saturated heterocycles. The molecular formula is C12BrF11Zn. The summed E-state index contributed by atoms with van der Waals surface area (Å²) in [5, 5.41) is -4.23. The van der Waals surface area contributed by atoms with Crippen LogP contribution in [0.15, 0.2) is 0 Å². The average molecular weight is 498 g/mol. The van der Waals surface area contributed by atoms with E-state index in [0.717, 1.165) is 6.07 Å². The van der Waals surface area contributed by atoms with Crippen LogP contribution in [0.4, 0.5) is 48.3 Å². The first kappa shape index (κ1) is 22.1. The minimum atomic E-state index is -6.55. The number of alkyl halides is 5. The first-order valence-electron chi connectivity index (χ1n) is 5.60. The summed E-state index contributed by atoms with van der Waals surface area (Å²) >= 11 is 4.25. The third-order valence-electron chi connectivity index (χ3n) is 2.83. The molecule has 134 valence electrons. The Morgan fingerprint density at radius 3 is 1.56 bits per heavy atom. The van der Waals surface area contributed by atoms with E-state index in [1.165, 1.54) is 16.3 Å². The van der Waals surface area contributed by atoms with E-state index in [4.69, 9.17) is 0 Å². The molecule has 0 saturated carbocycles. The normalized spacial score (nSPS) is 12.2. The van der Waals surface area contributed by atoms with Gasteiger partial charge < -0.3 is 0 Å². The van der Waals surface area contributed by atoms with Gasteiger partial charge in [-0.1, -0.05) is 16.8 Å². The second kappa shape index (κ2) is 7.34. The van der Waals surface area contributed by atoms with Gasteiger partial charge in [-0.2, -0.15) is 22.0 Å². The van der Waals surface area contributed by atoms with Crippen molar-refractivity contribution in [1.82, 2.24) is 0 Å². The molecule has 0 aliphatic rings. The van der Waals surface area contributed by atoms with Gasteiger partial charge in [0.05, 0.1) is 17.5 Å². The molecule has 0 atom stereocenters. The van der Waals surface area contributed by atoms with Gasteiger partial charge in [-0.05, 0) is 5.56 Å². The third kappa shape index (κ3) is 3.49. The molecule has 2 rings (SSSR count). The van der Waals surface area contributed by atoms with E-state index in [0.29, 0.717) is 0 Å². The molecule has 2 aromatic rings. The van der Waals surface area contributed by atoms with Gasteiger partial charge in [-0.3, -0.25) is 8.78 Å². The van der Waals surface area contributed by atoms with Crippen LogP contribution in [0.5, 0.6) is 0 Å². The molecule has 0 heterocycles. The van der Waals surface area contributed by atoms with Gasteiger partial charge in [0.15, 0.2) is 11.6 Å². The molecule has 0 amide bonds. The number of fused-ring (bicyclic) bond motifs is 1. The number of halogens is 12. The van der Waals surface area contributed by atoms with Crippen molar-refractivity contribution in [2.24, 2.45) is 0 Å². The molecule has 2 aromatic carbocycles. The standard InChI is InChI=1S/C12F11.BrH.Zn/c13-3-1-2-4(8(16)10(18)9(17)6(2)14)5(7(3)15)11(19,20)12(21,22)23;;/h;1H;/q-1;;+2/p-1. The van der Waals surface area contributed by atoms with Crippen molar-refractivity contribution in [2.45, 2.75) is 12.1 Å². The van der Waals surface area contributed by atoms with Crippen molar-refractivity contribution in [3.05, 3.63) is 46.5 Å². The van der Waals surface area contributed by atoms with Crippen molar-refractivity contribution >= 4 is 24.4 Å². The zero-order valence-corrected chi connectivity index (χ0v) is 15.8. The minimum absolute atomic E-state index is 0.935. The zero-order chi connectivity index (χ0) is 19.9. The van der Waals surface area contributed by atoms with Crippen LogP contribution in [0.1, 0.15) is 5.56 Å². The Balaban J connectivity index is 0.00000151. The molecule has 0 fully saturated rings. The first-order chi connectivity index (χ1) is 11.3. The molecule has 0 unspecified atom stereocenters. The fourth-order valence-corrected chi connectivity index (χ4v) is 1.80. The van der Waals surface area contributed by atoms with E-state index in [-0.39, 0.29) is 0 Å². The molecule has 0 radical (unpaired) electrons. The second-order valence-electron chi connectivity index (χ2n) is 4.21. The van der Waals surface area contributed by atoms with Crippen molar-refractivity contribution < 1.29 is 64.6 Å². The Kier molecular flexibility index (Phi) is 6.48. The second-order valence-corrected chi connectivity index (χ2v) is 4.21. The van der Waals surface area contributed by atoms with Gasteiger partial charge in [-0.25, -0.2) is 17.6 Å². The van der Waals surface area contributed by atoms with E-state index in [1.807, 2.05) is 0 Å². The van der Waals surface area contributed by atoms with Gasteiger partial charge in [0.1, 0.15) is 5.82 Å². The van der Waals surface area contributed by atoms with E-state index in [9.17, 15) is 48.3 Å². The Labute approximate surface area is 148 Å². The summed E-state index contributed by atoms with van der Waals surface area (Å²) in [4.78, 5) is 0. The van der Waals surface area contributed by atoms with Crippen LogP contribution in [0.2, 0.25) is 0 Å². The first-order valence-corrected chi connectivity index (χ1v) is 12.5. The summed E-state index contributed by atoms with van der Waals surface area (Å²) in [6.45, 7) is 0. The van der Waals surface area contributed by atoms with Crippen LogP contribution in [0.3, 0.4) is 0 Å². The Morgan fingerprint density at radius 2 is 1.12 bits per heavy atom. The summed E-state index contributed by atoms with van der Waals surface area (Å²) in [6, 6.07) is 0.935. The maximum absolute atomic E-state index is 13.5. The molecule has 0 nitrogen and oxygen atoms in total. The summed E-state index contributed by atoms with van der Waals surface area (Å²) in [7, 11) is 0. The zero-order valence-electron chi connectivity index (χ0n) is 11.2. The fraction of sp³-hybridized carbons (Fsp3) is 0.167. The van der Waals surface area contributed by atoms with Gasteiger partial charge in [0.2, 0.25) is 0 Å². The quantitative estimate of drug-likeness (QED) is 0.149. The molecule has 0 spiro atoms. The molecule has 0 aliphatic heterocycles. The van der Waals surface area contributed by atoms with E-state index < -0.39 is 63.3 Å². The van der Waals surface area contributed by atoms with Gasteiger partial charge in [-0.15, -0.1) is 0 Å². The van der Waals surface area contributed by atoms with Gasteiger partial charge >= 0.3 is 42.1 Å². The van der Waals surface area contributed by atoms with Gasteiger partial charge in [0, 0.05) is 0 Å². The molecule has 0 aromatic heterocycles. The van der Waals surface area contributed by atoms with Crippen molar-refractivity contribution in [1.29, 1.82) is 0 Å². The maximum atomic E-state index is 13.5. The molecule has 25 heavy (non-hydrogen) atoms. The predicted molar refractivity (Wildman–Crippen MR) is 61.4 cm³/mol. The third-order valence-corrected chi connectivity index (χ3v) is 2.83. The fourth-order valence-electron chi connectivity index (χ4n) is 1.80. The molecule has 13 heteroatoms. The van der Waals surface area contributed by atoms with Crippen LogP contribution in [0.25, 0.3) is 10.8 Å². The summed E-state index contributed by atoms with van der Waals surface area (Å²) < 4.78 is 143. The van der Waals surface area contributed by atoms with Crippen LogP contribution in [-0.2, 0) is 22.3 Å². The number of benzene rings is 2. The van der Waals surface area contributed by atoms with Crippen molar-refractivity contribution in [3.63, 3.8) is 0 Å². The molecule has 0 bridgehead atoms. The van der Waals surface area contributed by atoms with E-state index in [1.54, 1.807) is 0 Å². The summed E-state index contributed by atoms with van der Waals surface area (Å²) in [6.07, 6.45) is -6.55. The van der Waals surface area contributed by atoms with E-state index in [2.05, 4.69) is 13.6 Å². The Morgan fingerprint density at radius 1 is 0.680 bits per heavy atom. The van der Waals surface area contributed by atoms with Crippen LogP contribution < -0.4 is 0 Å². The number of rotatable bonds is 1. The molecule has 0 aliphatic carbocycles. The molecular weight excluding hydrogens is 498 g/mol. The summed E-state index contributed by atoms with van der Waals surface area (Å²) in [5.41, 5.74) is -3.01. The topological polar surface area (TPSA) is 0 Å². The average Bonchev–Trinajstić information content (AvgIpc) is 2.53. The monoisotopic (exact) mass is 496 g/mol. The van der Waals surface area contributed by atoms with Crippen LogP contribution in [0, 0.1) is 41.0 Å². The summed E-state index contributed by atoms with van der Waals surface area (Å²) in [5.74, 6) is -22.3. The van der Waals surface area contributed by atoms with Crippen molar-refractivity contribution in [2.75, 3.05) is 0 Å². The Hall–Kier alpha value is -0.967. The number of hydrogen-bond donors (Lipinski definition) is 0. The van der Waals surface area contributed by atoms with Crippen LogP contribution >= 0.6 is 13.6 Å². The molecule has 0 N–H and O–H groups in total. The van der Waals surface area contributed by atoms with Gasteiger partial charge in [0.25, 0.3) is 0 Å². The van der Waals surface area contributed by atoms with E-state index >= 15 is 0 Å².